The third kappa shape index (κ3) is 3.05. The highest BCUT2D eigenvalue weighted by atomic mass is 35.5. The second-order valence-corrected chi connectivity index (χ2v) is 6.90. The van der Waals surface area contributed by atoms with Crippen LogP contribution in [-0.2, 0) is 4.79 Å². The Kier molecular flexibility index (Phi) is 3.68. The van der Waals surface area contributed by atoms with Gasteiger partial charge in [0.15, 0.2) is 0 Å². The molecule has 0 atom stereocenters. The number of amides is 1. The number of benzene rings is 1. The SMILES string of the molecule is O=C1CNC=C(CSc2ccc3sc(Cl)cc3c2)N1. The molecule has 3 nitrogen and oxygen atoms in total. The van der Waals surface area contributed by atoms with Gasteiger partial charge in [0.25, 0.3) is 0 Å². The first-order valence-electron chi connectivity index (χ1n) is 5.75. The van der Waals surface area contributed by atoms with Crippen molar-refractivity contribution in [2.75, 3.05) is 12.3 Å². The second-order valence-electron chi connectivity index (χ2n) is 4.14. The van der Waals surface area contributed by atoms with Crippen molar-refractivity contribution in [2.45, 2.75) is 4.90 Å². The number of halogens is 1. The van der Waals surface area contributed by atoms with Gasteiger partial charge in [-0.3, -0.25) is 4.79 Å². The van der Waals surface area contributed by atoms with E-state index in [1.807, 2.05) is 12.3 Å². The molecule has 2 aromatic rings. The Hall–Kier alpha value is -1.17. The number of thioether (sulfide) groups is 1. The zero-order valence-electron chi connectivity index (χ0n) is 9.90. The summed E-state index contributed by atoms with van der Waals surface area (Å²) >= 11 is 9.27. The number of carbonyl (C=O) groups excluding carboxylic acids is 1. The van der Waals surface area contributed by atoms with E-state index in [1.54, 1.807) is 23.1 Å². The summed E-state index contributed by atoms with van der Waals surface area (Å²) < 4.78 is 2.00. The maximum Gasteiger partial charge on any atom is 0.243 e. The number of rotatable bonds is 3. The third-order valence-electron chi connectivity index (χ3n) is 2.69. The number of thiophene rings is 1. The fourth-order valence-corrected chi connectivity index (χ4v) is 3.83. The highest BCUT2D eigenvalue weighted by molar-refractivity contribution is 7.99. The fraction of sp³-hybridized carbons (Fsp3) is 0.154. The molecule has 6 heteroatoms. The summed E-state index contributed by atoms with van der Waals surface area (Å²) in [7, 11) is 0. The lowest BCUT2D eigenvalue weighted by molar-refractivity contribution is -0.119. The molecule has 19 heavy (non-hydrogen) atoms. The smallest absolute Gasteiger partial charge is 0.243 e. The zero-order chi connectivity index (χ0) is 13.2. The minimum absolute atomic E-state index is 0.0122. The molecule has 0 unspecified atom stereocenters. The van der Waals surface area contributed by atoms with Crippen LogP contribution >= 0.6 is 34.7 Å². The normalized spacial score (nSPS) is 15.0. The van der Waals surface area contributed by atoms with Gasteiger partial charge in [0.2, 0.25) is 5.91 Å². The van der Waals surface area contributed by atoms with Gasteiger partial charge < -0.3 is 10.6 Å². The molecule has 0 fully saturated rings. The van der Waals surface area contributed by atoms with E-state index in [9.17, 15) is 4.79 Å². The van der Waals surface area contributed by atoms with E-state index < -0.39 is 0 Å². The molecule has 0 saturated carbocycles. The number of nitrogens with one attached hydrogen (secondary N) is 2. The fourth-order valence-electron chi connectivity index (χ4n) is 1.84. The van der Waals surface area contributed by atoms with E-state index in [4.69, 9.17) is 11.6 Å². The molecule has 2 heterocycles. The van der Waals surface area contributed by atoms with Crippen LogP contribution in [0.25, 0.3) is 10.1 Å². The van der Waals surface area contributed by atoms with E-state index in [1.165, 1.54) is 15.0 Å². The van der Waals surface area contributed by atoms with Gasteiger partial charge in [0.1, 0.15) is 0 Å². The first-order chi connectivity index (χ1) is 9.20. The standard InChI is InChI=1S/C13H11ClN2OS2/c14-12-4-8-3-10(1-2-11(8)19-12)18-7-9-5-15-6-13(17)16-9/h1-5,15H,6-7H2,(H,16,17). The Morgan fingerprint density at radius 1 is 1.37 bits per heavy atom. The quantitative estimate of drug-likeness (QED) is 0.855. The van der Waals surface area contributed by atoms with Crippen molar-refractivity contribution in [2.24, 2.45) is 0 Å². The molecule has 1 aliphatic heterocycles. The predicted molar refractivity (Wildman–Crippen MR) is 81.8 cm³/mol. The van der Waals surface area contributed by atoms with E-state index in [2.05, 4.69) is 28.8 Å². The summed E-state index contributed by atoms with van der Waals surface area (Å²) in [4.78, 5) is 12.4. The lowest BCUT2D eigenvalue weighted by Crippen LogP contribution is -2.37. The molecule has 1 aromatic heterocycles. The lowest BCUT2D eigenvalue weighted by atomic mass is 10.3. The van der Waals surface area contributed by atoms with Crippen molar-refractivity contribution in [3.8, 4) is 0 Å². The topological polar surface area (TPSA) is 41.1 Å². The molecule has 0 spiro atoms. The third-order valence-corrected chi connectivity index (χ3v) is 4.98. The van der Waals surface area contributed by atoms with Crippen LogP contribution < -0.4 is 10.6 Å². The zero-order valence-corrected chi connectivity index (χ0v) is 12.3. The van der Waals surface area contributed by atoms with Crippen LogP contribution in [-0.4, -0.2) is 18.2 Å². The average molecular weight is 311 g/mol. The lowest BCUT2D eigenvalue weighted by Gasteiger charge is -2.15. The molecular formula is C13H11ClN2OS2. The van der Waals surface area contributed by atoms with Crippen LogP contribution in [0.3, 0.4) is 0 Å². The van der Waals surface area contributed by atoms with E-state index in [-0.39, 0.29) is 5.91 Å². The van der Waals surface area contributed by atoms with Gasteiger partial charge in [0.05, 0.1) is 10.9 Å². The first-order valence-corrected chi connectivity index (χ1v) is 7.93. The van der Waals surface area contributed by atoms with Gasteiger partial charge in [-0.2, -0.15) is 0 Å². The average Bonchev–Trinajstić information content (AvgIpc) is 2.75. The largest absolute Gasteiger partial charge is 0.381 e. The number of hydrogen-bond donors (Lipinski definition) is 2. The second kappa shape index (κ2) is 5.45. The highest BCUT2D eigenvalue weighted by Crippen LogP contribution is 2.32. The maximum atomic E-state index is 11.2. The van der Waals surface area contributed by atoms with Crippen molar-refractivity contribution >= 4 is 50.7 Å². The first kappa shape index (κ1) is 12.8. The molecule has 0 radical (unpaired) electrons. The summed E-state index contributed by atoms with van der Waals surface area (Å²) in [5, 5.41) is 6.96. The van der Waals surface area contributed by atoms with Gasteiger partial charge in [-0.1, -0.05) is 11.6 Å². The summed E-state index contributed by atoms with van der Waals surface area (Å²) in [6, 6.07) is 8.27. The van der Waals surface area contributed by atoms with Gasteiger partial charge in [-0.25, -0.2) is 0 Å². The molecule has 0 bridgehead atoms. The maximum absolute atomic E-state index is 11.2. The highest BCUT2D eigenvalue weighted by Gasteiger charge is 2.09. The van der Waals surface area contributed by atoms with Gasteiger partial charge in [-0.05, 0) is 29.7 Å². The van der Waals surface area contributed by atoms with Crippen molar-refractivity contribution in [1.29, 1.82) is 0 Å². The molecule has 1 aromatic carbocycles. The van der Waals surface area contributed by atoms with Crippen molar-refractivity contribution in [3.05, 3.63) is 40.5 Å². The van der Waals surface area contributed by atoms with Crippen molar-refractivity contribution < 1.29 is 4.79 Å². The number of fused-ring (bicyclic) bond motifs is 1. The van der Waals surface area contributed by atoms with Crippen molar-refractivity contribution in [1.82, 2.24) is 10.6 Å². The minimum atomic E-state index is 0.0122. The van der Waals surface area contributed by atoms with Gasteiger partial charge in [0, 0.05) is 27.2 Å². The van der Waals surface area contributed by atoms with Crippen LogP contribution in [0.2, 0.25) is 4.34 Å². The Bertz CT molecular complexity index is 666. The molecule has 1 aliphatic rings. The van der Waals surface area contributed by atoms with Crippen molar-refractivity contribution in [3.63, 3.8) is 0 Å². The van der Waals surface area contributed by atoms with Crippen LogP contribution in [0.1, 0.15) is 0 Å². The Morgan fingerprint density at radius 3 is 3.11 bits per heavy atom. The van der Waals surface area contributed by atoms with Crippen LogP contribution in [0.15, 0.2) is 41.1 Å². The summed E-state index contributed by atoms with van der Waals surface area (Å²) in [6.07, 6.45) is 1.86. The monoisotopic (exact) mass is 310 g/mol. The van der Waals surface area contributed by atoms with Crippen LogP contribution in [0, 0.1) is 0 Å². The molecule has 0 saturated heterocycles. The molecule has 2 N–H and O–H groups in total. The number of hydrogen-bond acceptors (Lipinski definition) is 4. The van der Waals surface area contributed by atoms with E-state index in [0.717, 1.165) is 15.8 Å². The molecule has 3 rings (SSSR count). The summed E-state index contributed by atoms with van der Waals surface area (Å²) in [5.74, 6) is 0.750. The Balaban J connectivity index is 1.71. The predicted octanol–water partition coefficient (Wildman–Crippen LogP) is 3.21. The van der Waals surface area contributed by atoms with E-state index in [0.29, 0.717) is 6.54 Å². The summed E-state index contributed by atoms with van der Waals surface area (Å²) in [6.45, 7) is 0.355. The number of carbonyl (C=O) groups is 1. The Labute approximate surface area is 124 Å². The Morgan fingerprint density at radius 2 is 2.26 bits per heavy atom. The van der Waals surface area contributed by atoms with E-state index >= 15 is 0 Å². The van der Waals surface area contributed by atoms with Crippen LogP contribution in [0.4, 0.5) is 0 Å². The van der Waals surface area contributed by atoms with Gasteiger partial charge >= 0.3 is 0 Å². The molecule has 98 valence electrons. The molecule has 1 amide bonds. The minimum Gasteiger partial charge on any atom is -0.381 e. The molecule has 0 aliphatic carbocycles. The summed E-state index contributed by atoms with van der Waals surface area (Å²) in [5.41, 5.74) is 0.907. The van der Waals surface area contributed by atoms with Crippen LogP contribution in [0.5, 0.6) is 0 Å². The molecular weight excluding hydrogens is 300 g/mol. The van der Waals surface area contributed by atoms with Gasteiger partial charge in [-0.15, -0.1) is 23.1 Å².